The van der Waals surface area contributed by atoms with E-state index in [9.17, 15) is 50.0 Å². The van der Waals surface area contributed by atoms with Crippen molar-refractivity contribution >= 4 is 13.7 Å². The van der Waals surface area contributed by atoms with Crippen LogP contribution in [0.1, 0.15) is 168 Å². The largest absolute Gasteiger partial charge is 0.472 e. The van der Waals surface area contributed by atoms with Crippen LogP contribution in [0, 0.1) is 0 Å². The monoisotopic (exact) mass is 886 g/mol. The average Bonchev–Trinajstić information content (AvgIpc) is 3.23. The van der Waals surface area contributed by atoms with Crippen LogP contribution in [-0.4, -0.2) is 108 Å². The van der Waals surface area contributed by atoms with E-state index in [1.165, 1.54) is 76.7 Å². The third kappa shape index (κ3) is 28.4. The molecule has 1 aliphatic carbocycles. The second kappa shape index (κ2) is 36.4. The molecule has 0 aliphatic heterocycles. The number of hydrogen-bond acceptors (Lipinski definition) is 11. The molecular formula is C47H84NO12P. The van der Waals surface area contributed by atoms with Crippen LogP contribution in [0.3, 0.4) is 0 Å². The topological polar surface area (TPSA) is 226 Å². The second-order valence-corrected chi connectivity index (χ2v) is 17.8. The van der Waals surface area contributed by atoms with Crippen molar-refractivity contribution in [2.24, 2.45) is 0 Å². The van der Waals surface area contributed by atoms with Gasteiger partial charge in [-0.2, -0.15) is 0 Å². The third-order valence-corrected chi connectivity index (χ3v) is 11.8. The fourth-order valence-corrected chi connectivity index (χ4v) is 7.97. The van der Waals surface area contributed by atoms with E-state index in [1.807, 2.05) is 6.08 Å². The first-order valence-electron chi connectivity index (χ1n) is 23.3. The Hall–Kier alpha value is -2.00. The van der Waals surface area contributed by atoms with Crippen molar-refractivity contribution in [3.05, 3.63) is 60.8 Å². The summed E-state index contributed by atoms with van der Waals surface area (Å²) in [6.45, 7) is 3.56. The van der Waals surface area contributed by atoms with Gasteiger partial charge in [0, 0.05) is 0 Å². The van der Waals surface area contributed by atoms with Crippen molar-refractivity contribution < 1.29 is 59.0 Å². The molecule has 8 atom stereocenters. The van der Waals surface area contributed by atoms with E-state index >= 15 is 0 Å². The standard InChI is InChI=1S/C47H84NO12P/c1-3-5-7-9-11-13-15-17-18-19-20-21-22-23-24-26-28-30-32-34-38(49)36-41(51)48-39(40(50)35-33-31-29-27-25-16-14-12-10-8-6-4-2)37-59-61(57,58)60-47-45(55)43(53)42(52)44(54)46(47)56/h5,7,10-13,25,27,33,35,38-40,42-47,49-50,52-56H,3-4,6,8-9,14-24,26,28-32,34,36-37H2,1-2H3,(H,48,51)(H,57,58)/b7-5-,12-10+,13-11-,27-25+,35-33+. The summed E-state index contributed by atoms with van der Waals surface area (Å²) in [5.74, 6) is -0.612. The molecule has 1 amide bonds. The Morgan fingerprint density at radius 3 is 1.62 bits per heavy atom. The Kier molecular flexibility index (Phi) is 34.0. The maximum Gasteiger partial charge on any atom is 0.472 e. The number of nitrogens with one attached hydrogen (secondary N) is 1. The Labute approximate surface area is 367 Å². The minimum absolute atomic E-state index is 0.259. The van der Waals surface area contributed by atoms with Gasteiger partial charge in [0.1, 0.15) is 36.6 Å². The van der Waals surface area contributed by atoms with E-state index in [0.717, 1.165) is 57.8 Å². The summed E-state index contributed by atoms with van der Waals surface area (Å²) in [6, 6.07) is -1.26. The quantitative estimate of drug-likeness (QED) is 0.0166. The molecule has 0 aromatic heterocycles. The van der Waals surface area contributed by atoms with Crippen LogP contribution < -0.4 is 5.32 Å². The molecule has 61 heavy (non-hydrogen) atoms. The van der Waals surface area contributed by atoms with Gasteiger partial charge in [0.15, 0.2) is 0 Å². The molecule has 14 heteroatoms. The Bertz CT molecular complexity index is 1280. The number of phosphoric acid groups is 1. The Balaban J connectivity index is 2.51. The SMILES string of the molecule is CC/C=C\C/C=C\CCCCCCCCCCCCCCC(O)CC(=O)NC(COP(=O)(O)OC1C(O)C(O)C(O)C(O)C1O)C(O)/C=C/CC/C=C/CC/C=C/CCCC. The van der Waals surface area contributed by atoms with Crippen LogP contribution in [0.5, 0.6) is 0 Å². The lowest BCUT2D eigenvalue weighted by molar-refractivity contribution is -0.220. The number of allylic oxidation sites excluding steroid dienone is 9. The van der Waals surface area contributed by atoms with Crippen LogP contribution in [-0.2, 0) is 18.4 Å². The Morgan fingerprint density at radius 2 is 1.07 bits per heavy atom. The van der Waals surface area contributed by atoms with Crippen LogP contribution in [0.15, 0.2) is 60.8 Å². The van der Waals surface area contributed by atoms with Gasteiger partial charge in [0.2, 0.25) is 5.91 Å². The van der Waals surface area contributed by atoms with Gasteiger partial charge < -0.3 is 46.0 Å². The summed E-state index contributed by atoms with van der Waals surface area (Å²) in [4.78, 5) is 23.4. The van der Waals surface area contributed by atoms with Gasteiger partial charge in [-0.25, -0.2) is 4.57 Å². The highest BCUT2D eigenvalue weighted by atomic mass is 31.2. The molecule has 1 saturated carbocycles. The molecule has 0 bridgehead atoms. The van der Waals surface area contributed by atoms with Gasteiger partial charge in [-0.05, 0) is 64.2 Å². The lowest BCUT2D eigenvalue weighted by atomic mass is 9.85. The van der Waals surface area contributed by atoms with Gasteiger partial charge in [0.25, 0.3) is 0 Å². The van der Waals surface area contributed by atoms with Crippen LogP contribution in [0.4, 0.5) is 0 Å². The van der Waals surface area contributed by atoms with Gasteiger partial charge in [-0.15, -0.1) is 0 Å². The van der Waals surface area contributed by atoms with Crippen LogP contribution in [0.2, 0.25) is 0 Å². The number of amides is 1. The predicted octanol–water partition coefficient (Wildman–Crippen LogP) is 7.70. The van der Waals surface area contributed by atoms with E-state index < -0.39 is 75.2 Å². The summed E-state index contributed by atoms with van der Waals surface area (Å²) in [6.07, 6.45) is 30.4. The Morgan fingerprint density at radius 1 is 0.607 bits per heavy atom. The number of hydrogen-bond donors (Lipinski definition) is 9. The van der Waals surface area contributed by atoms with Crippen LogP contribution >= 0.6 is 7.82 Å². The predicted molar refractivity (Wildman–Crippen MR) is 242 cm³/mol. The van der Waals surface area contributed by atoms with Gasteiger partial charge >= 0.3 is 7.82 Å². The van der Waals surface area contributed by atoms with Crippen molar-refractivity contribution in [1.29, 1.82) is 0 Å². The van der Waals surface area contributed by atoms with E-state index in [0.29, 0.717) is 19.3 Å². The number of unbranched alkanes of at least 4 members (excludes halogenated alkanes) is 16. The molecule has 13 nitrogen and oxygen atoms in total. The van der Waals surface area contributed by atoms with Gasteiger partial charge in [-0.3, -0.25) is 13.8 Å². The van der Waals surface area contributed by atoms with Crippen molar-refractivity contribution in [3.63, 3.8) is 0 Å². The maximum atomic E-state index is 13.0. The molecule has 0 aromatic rings. The summed E-state index contributed by atoms with van der Waals surface area (Å²) >= 11 is 0. The van der Waals surface area contributed by atoms with Gasteiger partial charge in [0.05, 0.1) is 31.3 Å². The second-order valence-electron chi connectivity index (χ2n) is 16.4. The van der Waals surface area contributed by atoms with Crippen molar-refractivity contribution in [1.82, 2.24) is 5.32 Å². The average molecular weight is 886 g/mol. The van der Waals surface area contributed by atoms with Crippen molar-refractivity contribution in [3.8, 4) is 0 Å². The first-order chi connectivity index (χ1) is 29.3. The summed E-state index contributed by atoms with van der Waals surface area (Å²) in [7, 11) is -5.15. The van der Waals surface area contributed by atoms with E-state index in [2.05, 4.69) is 61.7 Å². The van der Waals surface area contributed by atoms with E-state index in [-0.39, 0.29) is 6.42 Å². The van der Waals surface area contributed by atoms with Crippen molar-refractivity contribution in [2.75, 3.05) is 6.61 Å². The number of phosphoric ester groups is 1. The smallest absolute Gasteiger partial charge is 0.393 e. The molecule has 0 radical (unpaired) electrons. The molecule has 0 spiro atoms. The highest BCUT2D eigenvalue weighted by molar-refractivity contribution is 7.47. The zero-order valence-electron chi connectivity index (χ0n) is 37.3. The molecule has 8 unspecified atom stereocenters. The molecule has 1 rings (SSSR count). The number of rotatable bonds is 37. The van der Waals surface area contributed by atoms with Crippen molar-refractivity contribution in [2.45, 2.75) is 223 Å². The summed E-state index contributed by atoms with van der Waals surface area (Å²) in [5, 5.41) is 74.4. The lowest BCUT2D eigenvalue weighted by Gasteiger charge is -2.41. The highest BCUT2D eigenvalue weighted by Gasteiger charge is 2.51. The number of aliphatic hydroxyl groups excluding tert-OH is 7. The molecule has 0 saturated heterocycles. The number of aliphatic hydroxyl groups is 7. The fraction of sp³-hybridized carbons (Fsp3) is 0.766. The number of carbonyl (C=O) groups is 1. The minimum atomic E-state index is -5.15. The molecule has 9 N–H and O–H groups in total. The summed E-state index contributed by atoms with van der Waals surface area (Å²) in [5.41, 5.74) is 0. The fourth-order valence-electron chi connectivity index (χ4n) is 7.00. The summed E-state index contributed by atoms with van der Waals surface area (Å²) < 4.78 is 22.8. The zero-order valence-corrected chi connectivity index (χ0v) is 38.2. The molecule has 0 aromatic carbocycles. The van der Waals surface area contributed by atoms with E-state index in [1.54, 1.807) is 6.08 Å². The van der Waals surface area contributed by atoms with Crippen LogP contribution in [0.25, 0.3) is 0 Å². The zero-order chi connectivity index (χ0) is 45.1. The minimum Gasteiger partial charge on any atom is -0.393 e. The highest BCUT2D eigenvalue weighted by Crippen LogP contribution is 2.47. The number of carbonyl (C=O) groups excluding carboxylic acids is 1. The van der Waals surface area contributed by atoms with E-state index in [4.69, 9.17) is 9.05 Å². The first kappa shape index (κ1) is 57.0. The molecule has 1 aliphatic rings. The maximum absolute atomic E-state index is 13.0. The normalized spacial score (nSPS) is 23.8. The third-order valence-electron chi connectivity index (χ3n) is 10.8. The molecule has 1 fully saturated rings. The molecule has 0 heterocycles. The molecular weight excluding hydrogens is 801 g/mol. The lowest BCUT2D eigenvalue weighted by Crippen LogP contribution is -2.64. The molecule has 354 valence electrons. The van der Waals surface area contributed by atoms with Gasteiger partial charge in [-0.1, -0.05) is 158 Å². The first-order valence-corrected chi connectivity index (χ1v) is 24.8.